The van der Waals surface area contributed by atoms with E-state index >= 15 is 0 Å². The van der Waals surface area contributed by atoms with Gasteiger partial charge in [0.05, 0.1) is 28.7 Å². The summed E-state index contributed by atoms with van der Waals surface area (Å²) in [6.45, 7) is 0. The number of nitrogens with zero attached hydrogens (tertiary/aromatic N) is 3. The first-order chi connectivity index (χ1) is 15.8. The third-order valence-electron chi connectivity index (χ3n) is 7.29. The number of carbonyl (C=O) groups is 1. The molecule has 2 bridgehead atoms. The van der Waals surface area contributed by atoms with E-state index in [9.17, 15) is 14.3 Å². The largest absolute Gasteiger partial charge is 0.482 e. The molecule has 3 fully saturated rings. The minimum absolute atomic E-state index is 0.0169. The lowest BCUT2D eigenvalue weighted by Crippen LogP contribution is -2.65. The molecule has 33 heavy (non-hydrogen) atoms. The number of aliphatic hydroxyl groups is 1. The molecule has 9 heteroatoms. The molecule has 3 saturated carbocycles. The molecular weight excluding hydrogens is 468 g/mol. The van der Waals surface area contributed by atoms with Crippen molar-refractivity contribution in [3.63, 3.8) is 0 Å². The van der Waals surface area contributed by atoms with E-state index in [0.29, 0.717) is 28.4 Å². The van der Waals surface area contributed by atoms with Crippen LogP contribution in [-0.4, -0.2) is 32.0 Å². The lowest BCUT2D eigenvalue weighted by atomic mass is 9.33. The monoisotopic (exact) mass is 487 g/mol. The number of ether oxygens (including phenoxy) is 1. The van der Waals surface area contributed by atoms with Crippen LogP contribution in [0.15, 0.2) is 42.6 Å². The molecule has 3 aliphatic carbocycles. The maximum absolute atomic E-state index is 13.8. The molecule has 1 aromatic heterocycles. The Morgan fingerprint density at radius 3 is 2.76 bits per heavy atom. The minimum atomic E-state index is -0.770. The number of Topliss-reactive ketones (excluding diaryl/α,β-unsaturated/α-hetero) is 1. The lowest BCUT2D eigenvalue weighted by molar-refractivity contribution is -0.165. The first-order valence-electron chi connectivity index (χ1n) is 10.8. The predicted molar refractivity (Wildman–Crippen MR) is 119 cm³/mol. The fraction of sp³-hybridized carbons (Fsp3) is 0.375. The second-order valence-electron chi connectivity index (χ2n) is 9.64. The van der Waals surface area contributed by atoms with Gasteiger partial charge in [-0.25, -0.2) is 9.07 Å². The van der Waals surface area contributed by atoms with E-state index in [1.54, 1.807) is 28.9 Å². The van der Waals surface area contributed by atoms with Crippen molar-refractivity contribution in [2.45, 2.75) is 49.7 Å². The summed E-state index contributed by atoms with van der Waals surface area (Å²) in [5.41, 5.74) is 1.94. The van der Waals surface area contributed by atoms with Crippen molar-refractivity contribution in [1.82, 2.24) is 15.0 Å². The van der Waals surface area contributed by atoms with Gasteiger partial charge in [0.1, 0.15) is 11.6 Å². The number of aliphatic hydroxyl groups excluding tert-OH is 1. The second-order valence-corrected chi connectivity index (χ2v) is 10.5. The Hall–Kier alpha value is -2.48. The number of halogens is 3. The van der Waals surface area contributed by atoms with Gasteiger partial charge in [0.2, 0.25) is 0 Å². The molecular formula is C24H20Cl2FN3O3. The summed E-state index contributed by atoms with van der Waals surface area (Å²) in [5.74, 6) is 0.0269. The van der Waals surface area contributed by atoms with Crippen molar-refractivity contribution in [2.75, 3.05) is 0 Å². The van der Waals surface area contributed by atoms with Crippen molar-refractivity contribution >= 4 is 29.0 Å². The number of aromatic nitrogens is 3. The highest BCUT2D eigenvalue weighted by molar-refractivity contribution is 6.31. The summed E-state index contributed by atoms with van der Waals surface area (Å²) in [5, 5.41) is 19.5. The summed E-state index contributed by atoms with van der Waals surface area (Å²) in [6, 6.07) is 9.58. The first-order valence-corrected chi connectivity index (χ1v) is 11.6. The van der Waals surface area contributed by atoms with Gasteiger partial charge in [0.25, 0.3) is 0 Å². The van der Waals surface area contributed by atoms with Crippen LogP contribution in [0.2, 0.25) is 10.0 Å². The summed E-state index contributed by atoms with van der Waals surface area (Å²) in [6.07, 6.45) is 3.65. The number of rotatable bonds is 5. The van der Waals surface area contributed by atoms with Crippen molar-refractivity contribution in [3.8, 4) is 11.4 Å². The average molecular weight is 488 g/mol. The molecule has 2 heterocycles. The Labute approximate surface area is 199 Å². The van der Waals surface area contributed by atoms with Gasteiger partial charge in [-0.15, -0.1) is 5.10 Å². The molecule has 3 aromatic rings. The Morgan fingerprint density at radius 1 is 1.21 bits per heavy atom. The Balaban J connectivity index is 1.11. The molecule has 170 valence electrons. The number of benzene rings is 2. The van der Waals surface area contributed by atoms with E-state index in [4.69, 9.17) is 27.9 Å². The highest BCUT2D eigenvalue weighted by atomic mass is 35.5. The van der Waals surface area contributed by atoms with Crippen molar-refractivity contribution in [2.24, 2.45) is 5.41 Å². The van der Waals surface area contributed by atoms with Gasteiger partial charge in [-0.05, 0) is 55.0 Å². The molecule has 2 aromatic carbocycles. The smallest absolute Gasteiger partial charge is 0.173 e. The number of carbonyl (C=O) groups excluding carboxylic acids is 1. The molecule has 6 nitrogen and oxygen atoms in total. The van der Waals surface area contributed by atoms with Crippen LogP contribution in [0.25, 0.3) is 5.69 Å². The molecule has 7 rings (SSSR count). The van der Waals surface area contributed by atoms with Crippen LogP contribution >= 0.6 is 23.2 Å². The van der Waals surface area contributed by atoms with Crippen LogP contribution in [0.1, 0.15) is 49.5 Å². The van der Waals surface area contributed by atoms with Gasteiger partial charge in [-0.2, -0.15) is 0 Å². The van der Waals surface area contributed by atoms with Crippen LogP contribution < -0.4 is 4.74 Å². The third kappa shape index (κ3) is 3.36. The quantitative estimate of drug-likeness (QED) is 0.549. The fourth-order valence-electron chi connectivity index (χ4n) is 5.82. The zero-order chi connectivity index (χ0) is 23.0. The van der Waals surface area contributed by atoms with Crippen molar-refractivity contribution < 1.29 is 19.0 Å². The van der Waals surface area contributed by atoms with E-state index in [1.807, 2.05) is 6.20 Å². The first kappa shape index (κ1) is 21.1. The Kier molecular flexibility index (Phi) is 4.64. The standard InChI is InChI=1S/C24H20Cl2FN3O3/c25-13-1-4-20-15(5-13)18(31)7-21(33-20)19(32)8-23-10-24(11-23,12-23)22-9-30(29-28-22)14-2-3-16(26)17(27)6-14/h1-6,9,18,21,31H,7-8,10-12H2/t18-,21-,23?,24?/m1/s1. The molecule has 0 saturated heterocycles. The molecule has 4 aliphatic rings. The van der Waals surface area contributed by atoms with Gasteiger partial charge in [-0.1, -0.05) is 28.4 Å². The van der Waals surface area contributed by atoms with Gasteiger partial charge in [0.15, 0.2) is 11.9 Å². The molecule has 0 spiro atoms. The molecule has 1 aliphatic heterocycles. The predicted octanol–water partition coefficient (Wildman–Crippen LogP) is 4.98. The normalized spacial score (nSPS) is 29.5. The Bertz CT molecular complexity index is 1270. The average Bonchev–Trinajstić information content (AvgIpc) is 3.21. The zero-order valence-corrected chi connectivity index (χ0v) is 19.0. The maximum atomic E-state index is 13.8. The lowest BCUT2D eigenvalue weighted by Gasteiger charge is -2.70. The summed E-state index contributed by atoms with van der Waals surface area (Å²) >= 11 is 11.8. The third-order valence-corrected chi connectivity index (χ3v) is 7.83. The Morgan fingerprint density at radius 2 is 2.00 bits per heavy atom. The molecule has 2 atom stereocenters. The van der Waals surface area contributed by atoms with Crippen LogP contribution in [0.4, 0.5) is 4.39 Å². The topological polar surface area (TPSA) is 77.2 Å². The van der Waals surface area contributed by atoms with Crippen LogP contribution in [0, 0.1) is 11.2 Å². The maximum Gasteiger partial charge on any atom is 0.173 e. The van der Waals surface area contributed by atoms with Crippen molar-refractivity contribution in [1.29, 1.82) is 0 Å². The SMILES string of the molecule is O=C(CC12CC(c3cn(-c4ccc(Cl)c(F)c4)nn3)(C1)C2)[C@H]1C[C@@H](O)c2cc(Cl)ccc2O1. The van der Waals surface area contributed by atoms with Crippen LogP contribution in [0.5, 0.6) is 5.75 Å². The van der Waals surface area contributed by atoms with E-state index in [-0.39, 0.29) is 28.1 Å². The second kappa shape index (κ2) is 7.26. The summed E-state index contributed by atoms with van der Waals surface area (Å²) < 4.78 is 21.2. The van der Waals surface area contributed by atoms with Crippen molar-refractivity contribution in [3.05, 3.63) is 69.7 Å². The highest BCUT2D eigenvalue weighted by Gasteiger charge is 2.69. The fourth-order valence-corrected chi connectivity index (χ4v) is 6.11. The van der Waals surface area contributed by atoms with Gasteiger partial charge in [-0.3, -0.25) is 4.79 Å². The molecule has 1 N–H and O–H groups in total. The number of hydrogen-bond acceptors (Lipinski definition) is 5. The van der Waals surface area contributed by atoms with E-state index in [2.05, 4.69) is 10.3 Å². The van der Waals surface area contributed by atoms with E-state index in [1.165, 1.54) is 12.1 Å². The number of fused-ring (bicyclic) bond motifs is 1. The summed E-state index contributed by atoms with van der Waals surface area (Å²) in [4.78, 5) is 13.0. The molecule has 0 amide bonds. The van der Waals surface area contributed by atoms with Gasteiger partial charge >= 0.3 is 0 Å². The number of hydrogen-bond donors (Lipinski definition) is 1. The molecule has 0 radical (unpaired) electrons. The minimum Gasteiger partial charge on any atom is -0.482 e. The zero-order valence-electron chi connectivity index (χ0n) is 17.5. The van der Waals surface area contributed by atoms with Gasteiger partial charge in [0, 0.05) is 34.9 Å². The van der Waals surface area contributed by atoms with E-state index < -0.39 is 18.0 Å². The summed E-state index contributed by atoms with van der Waals surface area (Å²) in [7, 11) is 0. The van der Waals surface area contributed by atoms with Gasteiger partial charge < -0.3 is 9.84 Å². The molecule has 0 unspecified atom stereocenters. The number of ketones is 1. The van der Waals surface area contributed by atoms with Crippen LogP contribution in [-0.2, 0) is 10.2 Å². The highest BCUT2D eigenvalue weighted by Crippen LogP contribution is 2.74. The van der Waals surface area contributed by atoms with Crippen LogP contribution in [0.3, 0.4) is 0 Å². The van der Waals surface area contributed by atoms with E-state index in [0.717, 1.165) is 25.0 Å².